The number of nitrogens with zero attached hydrogens (tertiary/aromatic N) is 1. The van der Waals surface area contributed by atoms with Gasteiger partial charge in [0.25, 0.3) is 0 Å². The number of piperidine rings is 1. The maximum atomic E-state index is 11.1. The molecule has 0 radical (unpaired) electrons. The molecule has 0 aromatic heterocycles. The van der Waals surface area contributed by atoms with Gasteiger partial charge in [-0.1, -0.05) is 0 Å². The van der Waals surface area contributed by atoms with Gasteiger partial charge in [-0.05, 0) is 26.7 Å². The van der Waals surface area contributed by atoms with Crippen molar-refractivity contribution in [2.24, 2.45) is 11.7 Å². The fraction of sp³-hybridized carbons (Fsp3) is 0.909. The molecule has 1 rings (SSSR count). The molecule has 1 amide bonds. The first kappa shape index (κ1) is 12.5. The Hall–Kier alpha value is -0.610. The zero-order valence-corrected chi connectivity index (χ0v) is 9.74. The van der Waals surface area contributed by atoms with Gasteiger partial charge in [-0.2, -0.15) is 0 Å². The molecule has 4 heteroatoms. The van der Waals surface area contributed by atoms with Gasteiger partial charge in [0.2, 0.25) is 5.91 Å². The van der Waals surface area contributed by atoms with Crippen LogP contribution in [0, 0.1) is 5.92 Å². The van der Waals surface area contributed by atoms with E-state index in [2.05, 4.69) is 11.8 Å². The molecule has 1 saturated heterocycles. The predicted octanol–water partition coefficient (Wildman–Crippen LogP) is 0.609. The van der Waals surface area contributed by atoms with E-state index in [0.29, 0.717) is 6.04 Å². The summed E-state index contributed by atoms with van der Waals surface area (Å²) in [7, 11) is 0. The maximum absolute atomic E-state index is 11.1. The van der Waals surface area contributed by atoms with Crippen LogP contribution in [0.2, 0.25) is 0 Å². The first-order valence-electron chi connectivity index (χ1n) is 5.76. The summed E-state index contributed by atoms with van der Waals surface area (Å²) < 4.78 is 5.32. The number of hydrogen-bond donors (Lipinski definition) is 1. The van der Waals surface area contributed by atoms with E-state index < -0.39 is 0 Å². The standard InChI is InChI=1S/C11H22N2O2/c1-3-15-7-6-13-8-10(11(12)14)5-4-9(13)2/h9-10H,3-8H2,1-2H3,(H2,12,14)/t9-,10+/m0/s1. The van der Waals surface area contributed by atoms with E-state index in [1.165, 1.54) is 0 Å². The molecule has 15 heavy (non-hydrogen) atoms. The van der Waals surface area contributed by atoms with Crippen LogP contribution in [0.5, 0.6) is 0 Å². The van der Waals surface area contributed by atoms with Gasteiger partial charge in [0, 0.05) is 25.7 Å². The van der Waals surface area contributed by atoms with Gasteiger partial charge in [0.1, 0.15) is 0 Å². The summed E-state index contributed by atoms with van der Waals surface area (Å²) in [6, 6.07) is 0.543. The van der Waals surface area contributed by atoms with Gasteiger partial charge < -0.3 is 10.5 Å². The zero-order valence-electron chi connectivity index (χ0n) is 9.74. The highest BCUT2D eigenvalue weighted by molar-refractivity contribution is 5.76. The van der Waals surface area contributed by atoms with Gasteiger partial charge >= 0.3 is 0 Å². The summed E-state index contributed by atoms with van der Waals surface area (Å²) in [6.07, 6.45) is 1.99. The molecule has 0 aliphatic carbocycles. The van der Waals surface area contributed by atoms with Gasteiger partial charge in [-0.25, -0.2) is 0 Å². The number of carbonyl (C=O) groups excluding carboxylic acids is 1. The Morgan fingerprint density at radius 3 is 2.87 bits per heavy atom. The molecule has 0 unspecified atom stereocenters. The monoisotopic (exact) mass is 214 g/mol. The van der Waals surface area contributed by atoms with Crippen LogP contribution >= 0.6 is 0 Å². The number of carbonyl (C=O) groups is 1. The summed E-state index contributed by atoms with van der Waals surface area (Å²) in [4.78, 5) is 13.4. The molecule has 88 valence electrons. The van der Waals surface area contributed by atoms with E-state index in [1.54, 1.807) is 0 Å². The highest BCUT2D eigenvalue weighted by atomic mass is 16.5. The van der Waals surface area contributed by atoms with Gasteiger partial charge in [0.15, 0.2) is 0 Å². The van der Waals surface area contributed by atoms with Crippen LogP contribution in [0.3, 0.4) is 0 Å². The molecular weight excluding hydrogens is 192 g/mol. The Kier molecular flexibility index (Phi) is 5.05. The summed E-state index contributed by atoms with van der Waals surface area (Å²) in [6.45, 7) is 7.38. The molecular formula is C11H22N2O2. The Morgan fingerprint density at radius 2 is 2.27 bits per heavy atom. The van der Waals surface area contributed by atoms with Crippen LogP contribution in [0.15, 0.2) is 0 Å². The quantitative estimate of drug-likeness (QED) is 0.682. The number of rotatable bonds is 5. The molecule has 1 aliphatic heterocycles. The number of nitrogens with two attached hydrogens (primary N) is 1. The van der Waals surface area contributed by atoms with E-state index in [9.17, 15) is 4.79 Å². The smallest absolute Gasteiger partial charge is 0.221 e. The SMILES string of the molecule is CCOCCN1C[C@H](C(N)=O)CC[C@@H]1C. The number of likely N-dealkylation sites (tertiary alicyclic amines) is 1. The van der Waals surface area contributed by atoms with Crippen LogP contribution in [0.1, 0.15) is 26.7 Å². The number of primary amides is 1. The third kappa shape index (κ3) is 3.80. The Morgan fingerprint density at radius 1 is 1.53 bits per heavy atom. The van der Waals surface area contributed by atoms with Crippen molar-refractivity contribution in [1.82, 2.24) is 4.90 Å². The summed E-state index contributed by atoms with van der Waals surface area (Å²) in [5.74, 6) is -0.133. The first-order valence-corrected chi connectivity index (χ1v) is 5.76. The van der Waals surface area contributed by atoms with Crippen molar-refractivity contribution in [3.8, 4) is 0 Å². The van der Waals surface area contributed by atoms with Crippen LogP contribution in [-0.2, 0) is 9.53 Å². The normalized spacial score (nSPS) is 27.9. The van der Waals surface area contributed by atoms with Crippen LogP contribution in [-0.4, -0.2) is 43.2 Å². The van der Waals surface area contributed by atoms with E-state index in [0.717, 1.165) is 39.1 Å². The third-order valence-electron chi connectivity index (χ3n) is 3.14. The predicted molar refractivity (Wildman–Crippen MR) is 59.4 cm³/mol. The lowest BCUT2D eigenvalue weighted by Gasteiger charge is -2.36. The molecule has 2 N–H and O–H groups in total. The molecule has 2 atom stereocenters. The molecule has 1 fully saturated rings. The van der Waals surface area contributed by atoms with Gasteiger partial charge in [0.05, 0.1) is 12.5 Å². The van der Waals surface area contributed by atoms with Crippen molar-refractivity contribution >= 4 is 5.91 Å². The van der Waals surface area contributed by atoms with Crippen LogP contribution in [0.25, 0.3) is 0 Å². The lowest BCUT2D eigenvalue weighted by atomic mass is 9.93. The highest BCUT2D eigenvalue weighted by Gasteiger charge is 2.27. The van der Waals surface area contributed by atoms with Crippen molar-refractivity contribution in [3.05, 3.63) is 0 Å². The number of amides is 1. The molecule has 0 saturated carbocycles. The Bertz CT molecular complexity index is 209. The minimum Gasteiger partial charge on any atom is -0.380 e. The maximum Gasteiger partial charge on any atom is 0.221 e. The molecule has 0 bridgehead atoms. The minimum absolute atomic E-state index is 0.0304. The number of hydrogen-bond acceptors (Lipinski definition) is 3. The van der Waals surface area contributed by atoms with Crippen molar-refractivity contribution in [2.75, 3.05) is 26.3 Å². The van der Waals surface area contributed by atoms with Crippen molar-refractivity contribution in [2.45, 2.75) is 32.7 Å². The molecule has 0 aromatic carbocycles. The third-order valence-corrected chi connectivity index (χ3v) is 3.14. The fourth-order valence-electron chi connectivity index (χ4n) is 2.05. The highest BCUT2D eigenvalue weighted by Crippen LogP contribution is 2.21. The Balaban J connectivity index is 2.36. The van der Waals surface area contributed by atoms with Crippen LogP contribution < -0.4 is 5.73 Å². The van der Waals surface area contributed by atoms with Gasteiger partial charge in [-0.15, -0.1) is 0 Å². The largest absolute Gasteiger partial charge is 0.380 e. The van der Waals surface area contributed by atoms with Crippen molar-refractivity contribution in [1.29, 1.82) is 0 Å². The molecule has 0 spiro atoms. The van der Waals surface area contributed by atoms with E-state index in [1.807, 2.05) is 6.92 Å². The minimum atomic E-state index is -0.164. The summed E-state index contributed by atoms with van der Waals surface area (Å²) in [5.41, 5.74) is 5.33. The summed E-state index contributed by atoms with van der Waals surface area (Å²) in [5, 5.41) is 0. The second-order valence-electron chi connectivity index (χ2n) is 4.22. The molecule has 0 aromatic rings. The van der Waals surface area contributed by atoms with E-state index in [4.69, 9.17) is 10.5 Å². The molecule has 1 aliphatic rings. The second-order valence-corrected chi connectivity index (χ2v) is 4.22. The zero-order chi connectivity index (χ0) is 11.3. The summed E-state index contributed by atoms with van der Waals surface area (Å²) >= 11 is 0. The second kappa shape index (κ2) is 6.08. The molecule has 4 nitrogen and oxygen atoms in total. The topological polar surface area (TPSA) is 55.6 Å². The lowest BCUT2D eigenvalue weighted by Crippen LogP contribution is -2.46. The fourth-order valence-corrected chi connectivity index (χ4v) is 2.05. The molecule has 1 heterocycles. The Labute approximate surface area is 91.8 Å². The average molecular weight is 214 g/mol. The van der Waals surface area contributed by atoms with Crippen molar-refractivity contribution in [3.63, 3.8) is 0 Å². The number of ether oxygens (including phenoxy) is 1. The lowest BCUT2D eigenvalue weighted by molar-refractivity contribution is -0.124. The van der Waals surface area contributed by atoms with E-state index >= 15 is 0 Å². The van der Waals surface area contributed by atoms with Crippen molar-refractivity contribution < 1.29 is 9.53 Å². The first-order chi connectivity index (χ1) is 7.15. The average Bonchev–Trinajstić information content (AvgIpc) is 2.20. The van der Waals surface area contributed by atoms with Crippen LogP contribution in [0.4, 0.5) is 0 Å². The van der Waals surface area contributed by atoms with E-state index in [-0.39, 0.29) is 11.8 Å². The van der Waals surface area contributed by atoms with Gasteiger partial charge in [-0.3, -0.25) is 9.69 Å².